The number of unbranched alkanes of at least 4 members (excludes halogenated alkanes) is 2. The second-order valence-electron chi connectivity index (χ2n) is 4.82. The first kappa shape index (κ1) is 12.9. The Kier molecular flexibility index (Phi) is 5.01. The van der Waals surface area contributed by atoms with Crippen molar-refractivity contribution in [1.29, 1.82) is 0 Å². The molecule has 0 spiro atoms. The number of rotatable bonds is 5. The van der Waals surface area contributed by atoms with E-state index in [2.05, 4.69) is 61.6 Å². The van der Waals surface area contributed by atoms with Gasteiger partial charge in [-0.05, 0) is 36.0 Å². The van der Waals surface area contributed by atoms with Gasteiger partial charge in [-0.25, -0.2) is 0 Å². The third kappa shape index (κ3) is 3.46. The lowest BCUT2D eigenvalue weighted by Crippen LogP contribution is -1.93. The summed E-state index contributed by atoms with van der Waals surface area (Å²) in [6.07, 6.45) is 15.0. The molecule has 0 radical (unpaired) electrons. The third-order valence-electron chi connectivity index (χ3n) is 3.42. The first-order valence-electron chi connectivity index (χ1n) is 7.02. The molecule has 0 amide bonds. The Balaban J connectivity index is 2.23. The maximum absolute atomic E-state index is 2.27. The maximum Gasteiger partial charge on any atom is -0.00914 e. The molecule has 0 N–H and O–H groups in total. The van der Waals surface area contributed by atoms with E-state index in [1.165, 1.54) is 42.4 Å². The van der Waals surface area contributed by atoms with Crippen LogP contribution in [0.3, 0.4) is 0 Å². The van der Waals surface area contributed by atoms with Gasteiger partial charge in [-0.3, -0.25) is 0 Å². The van der Waals surface area contributed by atoms with Gasteiger partial charge in [0.05, 0.1) is 0 Å². The lowest BCUT2D eigenvalue weighted by Gasteiger charge is -2.14. The van der Waals surface area contributed by atoms with E-state index in [9.17, 15) is 0 Å². The molecule has 0 aromatic heterocycles. The van der Waals surface area contributed by atoms with Crippen molar-refractivity contribution in [1.82, 2.24) is 0 Å². The number of hydrogen-bond acceptors (Lipinski definition) is 0. The Hall–Kier alpha value is -1.56. The van der Waals surface area contributed by atoms with E-state index in [1.807, 2.05) is 0 Å². The van der Waals surface area contributed by atoms with Gasteiger partial charge in [0, 0.05) is 0 Å². The minimum Gasteiger partial charge on any atom is -0.0801 e. The zero-order valence-electron chi connectivity index (χ0n) is 11.2. The van der Waals surface area contributed by atoms with Crippen LogP contribution in [-0.2, 0) is 0 Å². The average Bonchev–Trinajstić information content (AvgIpc) is 2.46. The summed E-state index contributed by atoms with van der Waals surface area (Å²) in [5.74, 6) is 0. The molecule has 0 nitrogen and oxygen atoms in total. The van der Waals surface area contributed by atoms with Gasteiger partial charge in [-0.2, -0.15) is 0 Å². The van der Waals surface area contributed by atoms with E-state index in [1.54, 1.807) is 0 Å². The van der Waals surface area contributed by atoms with Gasteiger partial charge < -0.3 is 0 Å². The van der Waals surface area contributed by atoms with Crippen molar-refractivity contribution in [2.45, 2.75) is 39.0 Å². The summed E-state index contributed by atoms with van der Waals surface area (Å²) in [5, 5.41) is 0. The molecule has 0 saturated carbocycles. The summed E-state index contributed by atoms with van der Waals surface area (Å²) < 4.78 is 0. The van der Waals surface area contributed by atoms with Crippen LogP contribution in [0, 0.1) is 0 Å². The van der Waals surface area contributed by atoms with Crippen LogP contribution in [0.1, 0.15) is 44.6 Å². The molecule has 1 aromatic carbocycles. The molecule has 0 fully saturated rings. The van der Waals surface area contributed by atoms with E-state index in [4.69, 9.17) is 0 Å². The standard InChI is InChI=1S/C18H22/c1-2-3-6-15-18(16-11-7-4-8-12-16)17-13-9-5-10-14-17/h4-5,7-13H,2-3,6,14-15H2,1H3. The average molecular weight is 238 g/mol. The van der Waals surface area contributed by atoms with Gasteiger partial charge in [-0.15, -0.1) is 0 Å². The van der Waals surface area contributed by atoms with Crippen LogP contribution in [0.15, 0.2) is 60.2 Å². The fourth-order valence-corrected chi connectivity index (χ4v) is 2.42. The summed E-state index contributed by atoms with van der Waals surface area (Å²) in [5.41, 5.74) is 4.41. The van der Waals surface area contributed by atoms with Crippen LogP contribution in [-0.4, -0.2) is 0 Å². The molecule has 18 heavy (non-hydrogen) atoms. The summed E-state index contributed by atoms with van der Waals surface area (Å²) in [7, 11) is 0. The fraction of sp³-hybridized carbons (Fsp3) is 0.333. The van der Waals surface area contributed by atoms with E-state index in [0.717, 1.165) is 6.42 Å². The normalized spacial score (nSPS) is 16.9. The van der Waals surface area contributed by atoms with Crippen LogP contribution in [0.5, 0.6) is 0 Å². The number of hydrogen-bond donors (Lipinski definition) is 0. The summed E-state index contributed by atoms with van der Waals surface area (Å²) >= 11 is 0. The van der Waals surface area contributed by atoms with E-state index in [-0.39, 0.29) is 0 Å². The first-order valence-corrected chi connectivity index (χ1v) is 7.02. The Labute approximate surface area is 111 Å². The van der Waals surface area contributed by atoms with Crippen molar-refractivity contribution < 1.29 is 0 Å². The van der Waals surface area contributed by atoms with Crippen LogP contribution in [0.25, 0.3) is 5.57 Å². The molecule has 0 saturated heterocycles. The quantitative estimate of drug-likeness (QED) is 0.591. The van der Waals surface area contributed by atoms with Crippen LogP contribution >= 0.6 is 0 Å². The van der Waals surface area contributed by atoms with Crippen molar-refractivity contribution in [3.05, 3.63) is 65.8 Å². The van der Waals surface area contributed by atoms with E-state index < -0.39 is 0 Å². The van der Waals surface area contributed by atoms with E-state index in [0.29, 0.717) is 0 Å². The summed E-state index contributed by atoms with van der Waals surface area (Å²) in [4.78, 5) is 0. The lowest BCUT2D eigenvalue weighted by molar-refractivity contribution is 0.734. The van der Waals surface area contributed by atoms with Crippen molar-refractivity contribution in [2.24, 2.45) is 0 Å². The SMILES string of the molecule is CCCCCC(=C1C=CC=CC1)c1ccccc1. The molecule has 2 rings (SSSR count). The molecule has 94 valence electrons. The van der Waals surface area contributed by atoms with Gasteiger partial charge in [0.1, 0.15) is 0 Å². The largest absolute Gasteiger partial charge is 0.0801 e. The zero-order valence-corrected chi connectivity index (χ0v) is 11.2. The maximum atomic E-state index is 2.27. The topological polar surface area (TPSA) is 0 Å². The van der Waals surface area contributed by atoms with Crippen LogP contribution in [0.4, 0.5) is 0 Å². The van der Waals surface area contributed by atoms with Gasteiger partial charge in [0.15, 0.2) is 0 Å². The zero-order chi connectivity index (χ0) is 12.6. The molecular formula is C18H22. The van der Waals surface area contributed by atoms with Crippen LogP contribution in [0.2, 0.25) is 0 Å². The Morgan fingerprint density at radius 2 is 1.89 bits per heavy atom. The molecule has 1 aliphatic rings. The van der Waals surface area contributed by atoms with Crippen molar-refractivity contribution >= 4 is 5.57 Å². The lowest BCUT2D eigenvalue weighted by atomic mass is 9.91. The molecule has 1 aromatic rings. The van der Waals surface area contributed by atoms with Crippen LogP contribution < -0.4 is 0 Å². The highest BCUT2D eigenvalue weighted by Gasteiger charge is 2.07. The summed E-state index contributed by atoms with van der Waals surface area (Å²) in [6.45, 7) is 2.26. The van der Waals surface area contributed by atoms with Crippen molar-refractivity contribution in [3.63, 3.8) is 0 Å². The second-order valence-corrected chi connectivity index (χ2v) is 4.82. The highest BCUT2D eigenvalue weighted by molar-refractivity contribution is 5.71. The van der Waals surface area contributed by atoms with Gasteiger partial charge >= 0.3 is 0 Å². The Bertz CT molecular complexity index is 446. The number of benzene rings is 1. The highest BCUT2D eigenvalue weighted by Crippen LogP contribution is 2.28. The van der Waals surface area contributed by atoms with Crippen molar-refractivity contribution in [3.8, 4) is 0 Å². The third-order valence-corrected chi connectivity index (χ3v) is 3.42. The van der Waals surface area contributed by atoms with Crippen molar-refractivity contribution in [2.75, 3.05) is 0 Å². The molecule has 0 aliphatic heterocycles. The molecule has 1 aliphatic carbocycles. The molecule has 0 heteroatoms. The highest BCUT2D eigenvalue weighted by atomic mass is 14.1. The Morgan fingerprint density at radius 1 is 1.06 bits per heavy atom. The molecule has 0 unspecified atom stereocenters. The Morgan fingerprint density at radius 3 is 2.56 bits per heavy atom. The monoisotopic (exact) mass is 238 g/mol. The summed E-state index contributed by atoms with van der Waals surface area (Å²) in [6, 6.07) is 10.8. The predicted molar refractivity (Wildman–Crippen MR) is 80.4 cm³/mol. The second kappa shape index (κ2) is 7.00. The smallest absolute Gasteiger partial charge is 0.00914 e. The van der Waals surface area contributed by atoms with Gasteiger partial charge in [0.25, 0.3) is 0 Å². The molecule has 0 atom stereocenters. The molecule has 0 heterocycles. The minimum atomic E-state index is 1.08. The number of allylic oxidation sites excluding steroid dienone is 6. The minimum absolute atomic E-state index is 1.08. The van der Waals surface area contributed by atoms with Gasteiger partial charge in [-0.1, -0.05) is 74.4 Å². The molecule has 0 bridgehead atoms. The molecular weight excluding hydrogens is 216 g/mol. The van der Waals surface area contributed by atoms with E-state index >= 15 is 0 Å². The van der Waals surface area contributed by atoms with Gasteiger partial charge in [0.2, 0.25) is 0 Å². The predicted octanol–water partition coefficient (Wildman–Crippen LogP) is 5.54. The fourth-order valence-electron chi connectivity index (χ4n) is 2.42. The first-order chi connectivity index (χ1) is 8.92.